The molecule has 0 atom stereocenters. The van der Waals surface area contributed by atoms with Crippen molar-refractivity contribution in [3.63, 3.8) is 0 Å². The Balaban J connectivity index is 0.000000403. The van der Waals surface area contributed by atoms with E-state index < -0.39 is 30.1 Å². The van der Waals surface area contributed by atoms with Crippen LogP contribution in [0.3, 0.4) is 0 Å². The summed E-state index contributed by atoms with van der Waals surface area (Å²) < 4.78 is 63.0. The zero-order valence-electron chi connectivity index (χ0n) is 12.9. The molecular weight excluding hydrogens is 376 g/mol. The van der Waals surface area contributed by atoms with Crippen molar-refractivity contribution in [2.45, 2.75) is 74.1 Å². The predicted octanol–water partition coefficient (Wildman–Crippen LogP) is -0.0122. The molecule has 2 aliphatic rings. The molecule has 23 heavy (non-hydrogen) atoms. The fraction of sp³-hybridized carbons (Fsp3) is 1.00. The molecule has 0 spiro atoms. The van der Waals surface area contributed by atoms with E-state index >= 15 is 0 Å². The Hall–Kier alpha value is 1.000. The smallest absolute Gasteiger partial charge is 0.746 e. The zero-order valence-corrected chi connectivity index (χ0v) is 16.8. The molecule has 0 aromatic rings. The summed E-state index contributed by atoms with van der Waals surface area (Å²) in [6, 6.07) is 0. The van der Waals surface area contributed by atoms with E-state index in [0.29, 0.717) is 25.7 Å². The molecule has 2 aliphatic carbocycles. The number of rotatable bonds is 2. The first-order valence-electron chi connectivity index (χ1n) is 7.27. The Labute approximate surface area is 167 Å². The first-order chi connectivity index (χ1) is 9.91. The van der Waals surface area contributed by atoms with Gasteiger partial charge in [-0.05, 0) is 51.4 Å². The van der Waals surface area contributed by atoms with Crippen LogP contribution in [0.2, 0.25) is 0 Å². The molecule has 0 aliphatic heterocycles. The minimum Gasteiger partial charge on any atom is -0.746 e. The minimum absolute atomic E-state index is 0. The monoisotopic (exact) mass is 398 g/mol. The SMILES string of the molecule is O=S(=O)([O-])C1(O)CCCCC1.O=S(=O)([O-])C1(O)CCCCC1.[Ca+2]. The van der Waals surface area contributed by atoms with Gasteiger partial charge in [0, 0.05) is 0 Å². The van der Waals surface area contributed by atoms with E-state index in [2.05, 4.69) is 0 Å². The van der Waals surface area contributed by atoms with Crippen LogP contribution in [0.25, 0.3) is 0 Å². The third kappa shape index (κ3) is 6.67. The van der Waals surface area contributed by atoms with Crippen molar-refractivity contribution in [3.8, 4) is 0 Å². The molecular formula is C12H22CaO8S2. The van der Waals surface area contributed by atoms with E-state index in [9.17, 15) is 36.2 Å². The van der Waals surface area contributed by atoms with E-state index in [4.69, 9.17) is 0 Å². The van der Waals surface area contributed by atoms with Crippen molar-refractivity contribution in [3.05, 3.63) is 0 Å². The molecule has 2 rings (SSSR count). The van der Waals surface area contributed by atoms with Crippen LogP contribution in [0.1, 0.15) is 64.2 Å². The second-order valence-corrected chi connectivity index (χ2v) is 9.26. The summed E-state index contributed by atoms with van der Waals surface area (Å²) in [5, 5.41) is 18.6. The second-order valence-electron chi connectivity index (χ2n) is 5.92. The second kappa shape index (κ2) is 9.09. The van der Waals surface area contributed by atoms with Gasteiger partial charge in [-0.2, -0.15) is 0 Å². The van der Waals surface area contributed by atoms with E-state index in [1.807, 2.05) is 0 Å². The van der Waals surface area contributed by atoms with Crippen LogP contribution in [-0.4, -0.2) is 83.8 Å². The maximum absolute atomic E-state index is 10.5. The van der Waals surface area contributed by atoms with E-state index in [1.54, 1.807) is 0 Å². The maximum atomic E-state index is 10.5. The average Bonchev–Trinajstić information content (AvgIpc) is 2.39. The normalized spacial score (nSPS) is 23.8. The average molecular weight is 399 g/mol. The zero-order chi connectivity index (χ0) is 17.1. The molecule has 0 amide bonds. The topological polar surface area (TPSA) is 155 Å². The van der Waals surface area contributed by atoms with Gasteiger partial charge in [0.15, 0.2) is 9.87 Å². The van der Waals surface area contributed by atoms with Crippen LogP contribution in [0.4, 0.5) is 0 Å². The van der Waals surface area contributed by atoms with Crippen molar-refractivity contribution in [1.29, 1.82) is 0 Å². The van der Waals surface area contributed by atoms with Gasteiger partial charge >= 0.3 is 37.7 Å². The number of hydrogen-bond acceptors (Lipinski definition) is 8. The van der Waals surface area contributed by atoms with Gasteiger partial charge in [-0.1, -0.05) is 12.8 Å². The van der Waals surface area contributed by atoms with Gasteiger partial charge in [-0.25, -0.2) is 16.8 Å². The molecule has 0 aromatic carbocycles. The molecule has 0 bridgehead atoms. The van der Waals surface area contributed by atoms with Crippen molar-refractivity contribution < 1.29 is 36.2 Å². The Kier molecular flexibility index (Phi) is 9.48. The summed E-state index contributed by atoms with van der Waals surface area (Å²) in [5.41, 5.74) is 0. The van der Waals surface area contributed by atoms with Crippen LogP contribution in [0, 0.1) is 0 Å². The Morgan fingerprint density at radius 2 is 0.826 bits per heavy atom. The standard InChI is InChI=1S/2C6H12O4S.Ca/c2*7-6(11(8,9)10)4-2-1-3-5-6;/h2*7H,1-5H2,(H,8,9,10);/q;;+2/p-2. The predicted molar refractivity (Wildman–Crippen MR) is 81.2 cm³/mol. The molecule has 2 saturated carbocycles. The summed E-state index contributed by atoms with van der Waals surface area (Å²) in [5.74, 6) is 0. The van der Waals surface area contributed by atoms with Crippen molar-refractivity contribution in [2.75, 3.05) is 0 Å². The van der Waals surface area contributed by atoms with Gasteiger partial charge < -0.3 is 19.3 Å². The molecule has 11 heteroatoms. The summed E-state index contributed by atoms with van der Waals surface area (Å²) in [7, 11) is -9.04. The fourth-order valence-electron chi connectivity index (χ4n) is 2.71. The van der Waals surface area contributed by atoms with Crippen molar-refractivity contribution >= 4 is 58.0 Å². The first-order valence-corrected chi connectivity index (χ1v) is 10.1. The van der Waals surface area contributed by atoms with E-state index in [-0.39, 0.29) is 63.4 Å². The van der Waals surface area contributed by atoms with Crippen LogP contribution in [-0.2, 0) is 20.2 Å². The molecule has 8 nitrogen and oxygen atoms in total. The summed E-state index contributed by atoms with van der Waals surface area (Å²) in [6.45, 7) is 0. The molecule has 0 aromatic heterocycles. The third-order valence-corrected chi connectivity index (χ3v) is 6.88. The van der Waals surface area contributed by atoms with Gasteiger partial charge in [0.25, 0.3) is 0 Å². The molecule has 2 N–H and O–H groups in total. The van der Waals surface area contributed by atoms with E-state index in [1.165, 1.54) is 0 Å². The van der Waals surface area contributed by atoms with Crippen LogP contribution < -0.4 is 0 Å². The molecule has 0 unspecified atom stereocenters. The van der Waals surface area contributed by atoms with Crippen molar-refractivity contribution in [1.82, 2.24) is 0 Å². The quantitative estimate of drug-likeness (QED) is 0.486. The summed E-state index contributed by atoms with van der Waals surface area (Å²) >= 11 is 0. The van der Waals surface area contributed by atoms with Gasteiger partial charge in [0.1, 0.15) is 20.2 Å². The van der Waals surface area contributed by atoms with Gasteiger partial charge in [-0.3, -0.25) is 0 Å². The van der Waals surface area contributed by atoms with Gasteiger partial charge in [0.2, 0.25) is 0 Å². The van der Waals surface area contributed by atoms with Gasteiger partial charge in [-0.15, -0.1) is 0 Å². The molecule has 0 radical (unpaired) electrons. The van der Waals surface area contributed by atoms with Crippen molar-refractivity contribution in [2.24, 2.45) is 0 Å². The maximum Gasteiger partial charge on any atom is 2.00 e. The molecule has 0 saturated heterocycles. The largest absolute Gasteiger partial charge is 2.00 e. The molecule has 2 fully saturated rings. The van der Waals surface area contributed by atoms with E-state index in [0.717, 1.165) is 12.8 Å². The third-order valence-electron chi connectivity index (χ3n) is 4.20. The minimum atomic E-state index is -4.52. The molecule has 132 valence electrons. The van der Waals surface area contributed by atoms with Gasteiger partial charge in [0.05, 0.1) is 0 Å². The first kappa shape index (κ1) is 24.0. The van der Waals surface area contributed by atoms with Crippen LogP contribution in [0.15, 0.2) is 0 Å². The number of hydrogen-bond donors (Lipinski definition) is 2. The Morgan fingerprint density at radius 1 is 0.609 bits per heavy atom. The summed E-state index contributed by atoms with van der Waals surface area (Å²) in [6.07, 6.45) is 4.68. The Bertz CT molecular complexity index is 508. The molecule has 0 heterocycles. The fourth-order valence-corrected chi connectivity index (χ4v) is 4.29. The summed E-state index contributed by atoms with van der Waals surface area (Å²) in [4.78, 5) is -3.93. The van der Waals surface area contributed by atoms with Crippen LogP contribution >= 0.6 is 0 Å². The number of aliphatic hydroxyl groups is 2. The van der Waals surface area contributed by atoms with Crippen LogP contribution in [0.5, 0.6) is 0 Å². The Morgan fingerprint density at radius 3 is 0.957 bits per heavy atom.